The van der Waals surface area contributed by atoms with Crippen LogP contribution >= 0.6 is 11.3 Å². The van der Waals surface area contributed by atoms with Gasteiger partial charge in [0, 0.05) is 24.2 Å². The second kappa shape index (κ2) is 5.29. The molecule has 2 aromatic rings. The van der Waals surface area contributed by atoms with Crippen molar-refractivity contribution < 1.29 is 0 Å². The quantitative estimate of drug-likeness (QED) is 0.903. The highest BCUT2D eigenvalue weighted by molar-refractivity contribution is 7.09. The van der Waals surface area contributed by atoms with E-state index in [2.05, 4.69) is 48.1 Å². The third-order valence-electron chi connectivity index (χ3n) is 2.84. The Hall–Kier alpha value is -1.39. The fourth-order valence-corrected chi connectivity index (χ4v) is 2.50. The Morgan fingerprint density at radius 2 is 2.00 bits per heavy atom. The van der Waals surface area contributed by atoms with Gasteiger partial charge in [0.05, 0.1) is 17.7 Å². The number of benzene rings is 1. The second-order valence-corrected chi connectivity index (χ2v) is 5.03. The van der Waals surface area contributed by atoms with E-state index < -0.39 is 0 Å². The number of nitrogens with zero attached hydrogens (tertiary/aromatic N) is 2. The van der Waals surface area contributed by atoms with Crippen molar-refractivity contribution >= 4 is 17.0 Å². The van der Waals surface area contributed by atoms with Crippen LogP contribution in [0.1, 0.15) is 16.1 Å². The molecule has 0 saturated heterocycles. The van der Waals surface area contributed by atoms with E-state index in [-0.39, 0.29) is 0 Å². The van der Waals surface area contributed by atoms with Gasteiger partial charge in [-0.25, -0.2) is 4.98 Å². The molecule has 4 heteroatoms. The van der Waals surface area contributed by atoms with Crippen LogP contribution in [0.5, 0.6) is 0 Å². The Kier molecular flexibility index (Phi) is 3.76. The number of nitrogens with two attached hydrogens (primary N) is 1. The molecule has 0 fully saturated rings. The van der Waals surface area contributed by atoms with Crippen LogP contribution in [-0.2, 0) is 13.1 Å². The summed E-state index contributed by atoms with van der Waals surface area (Å²) in [6, 6.07) is 8.37. The number of hydrogen-bond acceptors (Lipinski definition) is 4. The normalized spacial score (nSPS) is 10.5. The van der Waals surface area contributed by atoms with E-state index in [1.807, 2.05) is 5.51 Å². The zero-order chi connectivity index (χ0) is 12.3. The monoisotopic (exact) mass is 247 g/mol. The van der Waals surface area contributed by atoms with Crippen LogP contribution < -0.4 is 10.6 Å². The van der Waals surface area contributed by atoms with Gasteiger partial charge in [-0.1, -0.05) is 12.1 Å². The van der Waals surface area contributed by atoms with E-state index in [1.54, 1.807) is 11.3 Å². The lowest BCUT2D eigenvalue weighted by atomic mass is 10.2. The van der Waals surface area contributed by atoms with Crippen LogP contribution in [0.25, 0.3) is 0 Å². The van der Waals surface area contributed by atoms with Crippen LogP contribution in [0.2, 0.25) is 0 Å². The van der Waals surface area contributed by atoms with Crippen LogP contribution in [-0.4, -0.2) is 12.0 Å². The predicted octanol–water partition coefficient (Wildman–Crippen LogP) is 2.55. The first-order valence-corrected chi connectivity index (χ1v) is 6.48. The maximum atomic E-state index is 5.59. The molecule has 0 saturated carbocycles. The van der Waals surface area contributed by atoms with E-state index in [9.17, 15) is 0 Å². The molecule has 0 bridgehead atoms. The Balaban J connectivity index is 2.09. The van der Waals surface area contributed by atoms with Gasteiger partial charge in [-0.3, -0.25) is 0 Å². The number of anilines is 1. The lowest BCUT2D eigenvalue weighted by Gasteiger charge is -2.19. The topological polar surface area (TPSA) is 42.2 Å². The molecule has 0 amide bonds. The first-order chi connectivity index (χ1) is 8.20. The van der Waals surface area contributed by atoms with Crippen molar-refractivity contribution in [3.05, 3.63) is 45.9 Å². The molecule has 2 rings (SSSR count). The summed E-state index contributed by atoms with van der Waals surface area (Å²) in [5.74, 6) is 0. The largest absolute Gasteiger partial charge is 0.369 e. The number of rotatable bonds is 4. The average Bonchev–Trinajstić information content (AvgIpc) is 2.75. The standard InChI is InChI=1S/C13H17N3S/c1-10-13(17-9-15-10)8-16(2)12-5-3-11(7-14)4-6-12/h3-6,9H,7-8,14H2,1-2H3. The lowest BCUT2D eigenvalue weighted by Crippen LogP contribution is -2.16. The molecule has 1 heterocycles. The molecular formula is C13H17N3S. The van der Waals surface area contributed by atoms with Gasteiger partial charge >= 0.3 is 0 Å². The summed E-state index contributed by atoms with van der Waals surface area (Å²) in [7, 11) is 2.09. The molecule has 0 spiro atoms. The smallest absolute Gasteiger partial charge is 0.0798 e. The molecule has 1 aromatic heterocycles. The minimum Gasteiger partial charge on any atom is -0.369 e. The van der Waals surface area contributed by atoms with Crippen molar-refractivity contribution in [2.24, 2.45) is 5.73 Å². The third kappa shape index (κ3) is 2.84. The van der Waals surface area contributed by atoms with Gasteiger partial charge < -0.3 is 10.6 Å². The molecule has 0 atom stereocenters. The zero-order valence-corrected chi connectivity index (χ0v) is 11.0. The van der Waals surface area contributed by atoms with Crippen LogP contribution in [0.3, 0.4) is 0 Å². The number of thiazole rings is 1. The highest BCUT2D eigenvalue weighted by atomic mass is 32.1. The van der Waals surface area contributed by atoms with Gasteiger partial charge in [-0.15, -0.1) is 11.3 Å². The molecule has 0 unspecified atom stereocenters. The highest BCUT2D eigenvalue weighted by Gasteiger charge is 2.06. The van der Waals surface area contributed by atoms with Crippen LogP contribution in [0.4, 0.5) is 5.69 Å². The Labute approximate surface area is 106 Å². The van der Waals surface area contributed by atoms with Crippen molar-refractivity contribution in [1.82, 2.24) is 4.98 Å². The summed E-state index contributed by atoms with van der Waals surface area (Å²) in [5.41, 5.74) is 11.0. The molecule has 90 valence electrons. The van der Waals surface area contributed by atoms with E-state index in [0.717, 1.165) is 17.8 Å². The van der Waals surface area contributed by atoms with E-state index in [0.29, 0.717) is 6.54 Å². The predicted molar refractivity (Wildman–Crippen MR) is 73.3 cm³/mol. The Bertz CT molecular complexity index is 476. The van der Waals surface area contributed by atoms with Gasteiger partial charge in [-0.05, 0) is 24.6 Å². The molecule has 0 radical (unpaired) electrons. The molecule has 0 aliphatic heterocycles. The Morgan fingerprint density at radius 3 is 2.53 bits per heavy atom. The first kappa shape index (κ1) is 12.1. The fraction of sp³-hybridized carbons (Fsp3) is 0.308. The Morgan fingerprint density at radius 1 is 1.29 bits per heavy atom. The average molecular weight is 247 g/mol. The SMILES string of the molecule is Cc1ncsc1CN(C)c1ccc(CN)cc1. The van der Waals surface area contributed by atoms with Crippen molar-refractivity contribution in [2.75, 3.05) is 11.9 Å². The summed E-state index contributed by atoms with van der Waals surface area (Å²) in [4.78, 5) is 7.80. The number of hydrogen-bond donors (Lipinski definition) is 1. The molecular weight excluding hydrogens is 230 g/mol. The van der Waals surface area contributed by atoms with Crippen molar-refractivity contribution in [3.63, 3.8) is 0 Å². The van der Waals surface area contributed by atoms with Crippen LogP contribution in [0.15, 0.2) is 29.8 Å². The van der Waals surface area contributed by atoms with Gasteiger partial charge in [0.1, 0.15) is 0 Å². The summed E-state index contributed by atoms with van der Waals surface area (Å²) < 4.78 is 0. The molecule has 1 aromatic carbocycles. The van der Waals surface area contributed by atoms with Crippen molar-refractivity contribution in [2.45, 2.75) is 20.0 Å². The van der Waals surface area contributed by atoms with Crippen LogP contribution in [0, 0.1) is 6.92 Å². The van der Waals surface area contributed by atoms with Gasteiger partial charge in [0.2, 0.25) is 0 Å². The van der Waals surface area contributed by atoms with Gasteiger partial charge in [0.15, 0.2) is 0 Å². The molecule has 17 heavy (non-hydrogen) atoms. The molecule has 2 N–H and O–H groups in total. The minimum atomic E-state index is 0.595. The third-order valence-corrected chi connectivity index (χ3v) is 3.76. The second-order valence-electron chi connectivity index (χ2n) is 4.09. The van der Waals surface area contributed by atoms with E-state index >= 15 is 0 Å². The van der Waals surface area contributed by atoms with Crippen molar-refractivity contribution in [1.29, 1.82) is 0 Å². The number of aryl methyl sites for hydroxylation is 1. The van der Waals surface area contributed by atoms with Gasteiger partial charge in [0.25, 0.3) is 0 Å². The van der Waals surface area contributed by atoms with Gasteiger partial charge in [-0.2, -0.15) is 0 Å². The highest BCUT2D eigenvalue weighted by Crippen LogP contribution is 2.19. The summed E-state index contributed by atoms with van der Waals surface area (Å²) in [6.07, 6.45) is 0. The molecule has 0 aliphatic carbocycles. The summed E-state index contributed by atoms with van der Waals surface area (Å²) in [6.45, 7) is 3.55. The maximum absolute atomic E-state index is 5.59. The molecule has 3 nitrogen and oxygen atoms in total. The van der Waals surface area contributed by atoms with E-state index in [1.165, 1.54) is 10.6 Å². The zero-order valence-electron chi connectivity index (χ0n) is 10.2. The summed E-state index contributed by atoms with van der Waals surface area (Å²) >= 11 is 1.71. The minimum absolute atomic E-state index is 0.595. The van der Waals surface area contributed by atoms with Crippen molar-refractivity contribution in [3.8, 4) is 0 Å². The molecule has 0 aliphatic rings. The first-order valence-electron chi connectivity index (χ1n) is 5.60. The summed E-state index contributed by atoms with van der Waals surface area (Å²) in [5, 5.41) is 0. The maximum Gasteiger partial charge on any atom is 0.0798 e. The van der Waals surface area contributed by atoms with E-state index in [4.69, 9.17) is 5.73 Å². The lowest BCUT2D eigenvalue weighted by molar-refractivity contribution is 0.924. The fourth-order valence-electron chi connectivity index (χ4n) is 1.67. The number of aromatic nitrogens is 1.